The van der Waals surface area contributed by atoms with Crippen LogP contribution in [0.4, 0.5) is 0 Å². The van der Waals surface area contributed by atoms with Crippen LogP contribution in [-0.4, -0.2) is 47.8 Å². The van der Waals surface area contributed by atoms with Gasteiger partial charge in [0.25, 0.3) is 0 Å². The van der Waals surface area contributed by atoms with Gasteiger partial charge in [0, 0.05) is 24.6 Å². The van der Waals surface area contributed by atoms with Gasteiger partial charge in [-0.05, 0) is 58.2 Å². The molecule has 0 atom stereocenters. The van der Waals surface area contributed by atoms with Gasteiger partial charge in [-0.15, -0.1) is 5.10 Å². The van der Waals surface area contributed by atoms with E-state index in [1.54, 1.807) is 0 Å². The second-order valence-electron chi connectivity index (χ2n) is 7.03. The minimum Gasteiger partial charge on any atom is -0.330 e. The summed E-state index contributed by atoms with van der Waals surface area (Å²) in [5.41, 5.74) is 4.43. The van der Waals surface area contributed by atoms with Crippen LogP contribution < -0.4 is 5.32 Å². The van der Waals surface area contributed by atoms with Gasteiger partial charge in [0.05, 0.1) is 17.9 Å². The van der Waals surface area contributed by atoms with E-state index in [1.165, 1.54) is 11.3 Å². The largest absolute Gasteiger partial charge is 0.330 e. The summed E-state index contributed by atoms with van der Waals surface area (Å²) in [5, 5.41) is 19.4. The predicted molar refractivity (Wildman–Crippen MR) is 98.8 cm³/mol. The zero-order valence-electron chi connectivity index (χ0n) is 15.4. The summed E-state index contributed by atoms with van der Waals surface area (Å²) in [6, 6.07) is 0.438. The molecule has 0 aliphatic carbocycles. The smallest absolute Gasteiger partial charge is 0.162 e. The molecular formula is C18H26N8. The molecule has 3 aromatic rings. The van der Waals surface area contributed by atoms with E-state index >= 15 is 0 Å². The first-order valence-electron chi connectivity index (χ1n) is 9.37. The maximum atomic E-state index is 4.51. The first kappa shape index (κ1) is 17.0. The number of hydrogen-bond donors (Lipinski definition) is 2. The fourth-order valence-corrected chi connectivity index (χ4v) is 3.72. The number of nitrogens with zero attached hydrogens (tertiary/aromatic N) is 6. The molecule has 0 spiro atoms. The molecular weight excluding hydrogens is 328 g/mol. The van der Waals surface area contributed by atoms with Gasteiger partial charge >= 0.3 is 0 Å². The van der Waals surface area contributed by atoms with Crippen LogP contribution in [0.15, 0.2) is 18.6 Å². The minimum absolute atomic E-state index is 0.438. The number of aryl methyl sites for hydroxylation is 3. The maximum absolute atomic E-state index is 4.51. The molecule has 0 radical (unpaired) electrons. The van der Waals surface area contributed by atoms with Crippen LogP contribution in [-0.2, 0) is 13.0 Å². The molecule has 1 saturated heterocycles. The summed E-state index contributed by atoms with van der Waals surface area (Å²) in [5.74, 6) is 0.894. The minimum atomic E-state index is 0.438. The first-order valence-corrected chi connectivity index (χ1v) is 9.37. The Morgan fingerprint density at radius 1 is 1.23 bits per heavy atom. The van der Waals surface area contributed by atoms with Crippen molar-refractivity contribution in [2.45, 2.75) is 52.1 Å². The van der Waals surface area contributed by atoms with E-state index in [1.807, 2.05) is 23.3 Å². The predicted octanol–water partition coefficient (Wildman–Crippen LogP) is 2.04. The molecule has 2 N–H and O–H groups in total. The summed E-state index contributed by atoms with van der Waals surface area (Å²) in [7, 11) is 0. The van der Waals surface area contributed by atoms with Gasteiger partial charge in [-0.1, -0.05) is 5.21 Å². The molecule has 1 fully saturated rings. The number of piperidine rings is 1. The zero-order chi connectivity index (χ0) is 17.9. The lowest BCUT2D eigenvalue weighted by Crippen LogP contribution is -2.29. The van der Waals surface area contributed by atoms with E-state index < -0.39 is 0 Å². The number of hydrogen-bond acceptors (Lipinski definition) is 5. The van der Waals surface area contributed by atoms with Crippen molar-refractivity contribution in [1.29, 1.82) is 0 Å². The molecule has 26 heavy (non-hydrogen) atoms. The molecule has 138 valence electrons. The van der Waals surface area contributed by atoms with Crippen LogP contribution in [0.2, 0.25) is 0 Å². The molecule has 8 nitrogen and oxygen atoms in total. The van der Waals surface area contributed by atoms with Crippen molar-refractivity contribution < 1.29 is 0 Å². The Hall–Kier alpha value is -2.48. The van der Waals surface area contributed by atoms with E-state index in [2.05, 4.69) is 49.2 Å². The summed E-state index contributed by atoms with van der Waals surface area (Å²) in [6.45, 7) is 7.12. The van der Waals surface area contributed by atoms with Crippen LogP contribution in [0.25, 0.3) is 11.5 Å². The molecule has 0 amide bonds. The van der Waals surface area contributed by atoms with Crippen molar-refractivity contribution in [1.82, 2.24) is 40.1 Å². The van der Waals surface area contributed by atoms with Crippen molar-refractivity contribution in [3.63, 3.8) is 0 Å². The molecule has 1 aliphatic heterocycles. The quantitative estimate of drug-likeness (QED) is 0.707. The highest BCUT2D eigenvalue weighted by molar-refractivity contribution is 5.47. The van der Waals surface area contributed by atoms with Crippen LogP contribution in [0.5, 0.6) is 0 Å². The van der Waals surface area contributed by atoms with Gasteiger partial charge in [0.1, 0.15) is 5.69 Å². The molecule has 3 aromatic heterocycles. The Bertz CT molecular complexity index is 833. The van der Waals surface area contributed by atoms with Gasteiger partial charge in [-0.2, -0.15) is 5.10 Å². The molecule has 1 aliphatic rings. The standard InChI is InChI=1S/C18H26N8/c1-13-16(14(2)22-21-13)4-3-10-25-11-9-20-18(25)17-12-26(24-23-17)15-5-7-19-8-6-15/h9,11-12,15,19H,3-8,10H2,1-2H3,(H,21,22). The highest BCUT2D eigenvalue weighted by Gasteiger charge is 2.18. The monoisotopic (exact) mass is 354 g/mol. The van der Waals surface area contributed by atoms with Gasteiger partial charge in [0.2, 0.25) is 0 Å². The number of nitrogens with one attached hydrogen (secondary N) is 2. The van der Waals surface area contributed by atoms with Crippen LogP contribution in [0, 0.1) is 13.8 Å². The average molecular weight is 354 g/mol. The third-order valence-corrected chi connectivity index (χ3v) is 5.24. The number of aromatic nitrogens is 7. The normalized spacial score (nSPS) is 15.6. The third kappa shape index (κ3) is 3.41. The lowest BCUT2D eigenvalue weighted by molar-refractivity contribution is 0.337. The van der Waals surface area contributed by atoms with Crippen molar-refractivity contribution >= 4 is 0 Å². The topological polar surface area (TPSA) is 89.2 Å². The van der Waals surface area contributed by atoms with E-state index in [4.69, 9.17) is 0 Å². The molecule has 4 heterocycles. The lowest BCUT2D eigenvalue weighted by atomic mass is 10.1. The second-order valence-corrected chi connectivity index (χ2v) is 7.03. The summed E-state index contributed by atoms with van der Waals surface area (Å²) in [4.78, 5) is 4.51. The summed E-state index contributed by atoms with van der Waals surface area (Å²) < 4.78 is 4.18. The number of imidazole rings is 1. The zero-order valence-corrected chi connectivity index (χ0v) is 15.4. The second kappa shape index (κ2) is 7.41. The van der Waals surface area contributed by atoms with Crippen molar-refractivity contribution in [3.8, 4) is 11.5 Å². The summed E-state index contributed by atoms with van der Waals surface area (Å²) >= 11 is 0. The lowest BCUT2D eigenvalue weighted by Gasteiger charge is -2.22. The van der Waals surface area contributed by atoms with Crippen molar-refractivity contribution in [3.05, 3.63) is 35.5 Å². The molecule has 0 unspecified atom stereocenters. The van der Waals surface area contributed by atoms with E-state index in [9.17, 15) is 0 Å². The third-order valence-electron chi connectivity index (χ3n) is 5.24. The first-order chi connectivity index (χ1) is 12.7. The van der Waals surface area contributed by atoms with Crippen molar-refractivity contribution in [2.24, 2.45) is 0 Å². The number of aromatic amines is 1. The van der Waals surface area contributed by atoms with Crippen LogP contribution >= 0.6 is 0 Å². The Morgan fingerprint density at radius 2 is 2.08 bits per heavy atom. The molecule has 4 rings (SSSR count). The Morgan fingerprint density at radius 3 is 2.85 bits per heavy atom. The SMILES string of the molecule is Cc1n[nH]c(C)c1CCCn1ccnc1-c1cn(C2CCNCC2)nn1. The van der Waals surface area contributed by atoms with Crippen molar-refractivity contribution in [2.75, 3.05) is 13.1 Å². The Balaban J connectivity index is 1.43. The van der Waals surface area contributed by atoms with Crippen LogP contribution in [0.3, 0.4) is 0 Å². The highest BCUT2D eigenvalue weighted by Crippen LogP contribution is 2.21. The average Bonchev–Trinajstić information content (AvgIpc) is 3.38. The number of H-pyrrole nitrogens is 1. The molecule has 8 heteroatoms. The van der Waals surface area contributed by atoms with Crippen LogP contribution in [0.1, 0.15) is 42.3 Å². The molecule has 0 saturated carbocycles. The fraction of sp³-hybridized carbons (Fsp3) is 0.556. The molecule has 0 bridgehead atoms. The van der Waals surface area contributed by atoms with Gasteiger partial charge < -0.3 is 9.88 Å². The number of rotatable bonds is 6. The molecule has 0 aromatic carbocycles. The van der Waals surface area contributed by atoms with Gasteiger partial charge in [-0.3, -0.25) is 5.10 Å². The van der Waals surface area contributed by atoms with E-state index in [0.717, 1.165) is 62.5 Å². The Labute approximate surface area is 153 Å². The van der Waals surface area contributed by atoms with E-state index in [0.29, 0.717) is 6.04 Å². The Kier molecular flexibility index (Phi) is 4.83. The highest BCUT2D eigenvalue weighted by atomic mass is 15.4. The maximum Gasteiger partial charge on any atom is 0.162 e. The summed E-state index contributed by atoms with van der Waals surface area (Å²) in [6.07, 6.45) is 10.1. The fourth-order valence-electron chi connectivity index (χ4n) is 3.72. The van der Waals surface area contributed by atoms with E-state index in [-0.39, 0.29) is 0 Å². The van der Waals surface area contributed by atoms with Gasteiger partial charge in [0.15, 0.2) is 5.82 Å². The van der Waals surface area contributed by atoms with Gasteiger partial charge in [-0.25, -0.2) is 9.67 Å².